The third-order valence-electron chi connectivity index (χ3n) is 3.98. The summed E-state index contributed by atoms with van der Waals surface area (Å²) < 4.78 is 11.9. The summed E-state index contributed by atoms with van der Waals surface area (Å²) in [6, 6.07) is 5.30. The third kappa shape index (κ3) is 2.40. The molecule has 2 rings (SSSR count). The molecule has 0 radical (unpaired) electrons. The van der Waals surface area contributed by atoms with Crippen LogP contribution >= 0.6 is 0 Å². The molecule has 0 aliphatic carbocycles. The third-order valence-corrected chi connectivity index (χ3v) is 3.98. The number of ketones is 1. The zero-order valence-corrected chi connectivity index (χ0v) is 12.1. The van der Waals surface area contributed by atoms with Gasteiger partial charge in [0, 0.05) is 11.3 Å². The van der Waals surface area contributed by atoms with Crippen LogP contribution in [-0.2, 0) is 9.31 Å². The van der Waals surface area contributed by atoms with E-state index in [0.29, 0.717) is 11.3 Å². The Balaban J connectivity index is 2.31. The Kier molecular flexibility index (Phi) is 3.23. The molecule has 0 spiro atoms. The summed E-state index contributed by atoms with van der Waals surface area (Å²) in [6.07, 6.45) is 0. The maximum absolute atomic E-state index is 11.4. The van der Waals surface area contributed by atoms with E-state index >= 15 is 0 Å². The zero-order chi connectivity index (χ0) is 14.4. The van der Waals surface area contributed by atoms with Gasteiger partial charge in [-0.05, 0) is 52.2 Å². The van der Waals surface area contributed by atoms with Crippen molar-refractivity contribution in [1.29, 1.82) is 0 Å². The van der Waals surface area contributed by atoms with E-state index < -0.39 is 7.12 Å². The molecule has 1 aliphatic heterocycles. The van der Waals surface area contributed by atoms with Crippen molar-refractivity contribution in [3.63, 3.8) is 0 Å². The smallest absolute Gasteiger partial charge is 0.399 e. The highest BCUT2D eigenvalue weighted by Crippen LogP contribution is 2.36. The molecule has 0 unspecified atom stereocenters. The molecule has 1 fully saturated rings. The van der Waals surface area contributed by atoms with Crippen LogP contribution in [0.15, 0.2) is 18.2 Å². The van der Waals surface area contributed by atoms with Crippen molar-refractivity contribution < 1.29 is 14.1 Å². The number of nitrogens with two attached hydrogens (primary N) is 1. The van der Waals surface area contributed by atoms with E-state index in [1.54, 1.807) is 12.1 Å². The lowest BCUT2D eigenvalue weighted by atomic mass is 9.78. The molecule has 1 saturated heterocycles. The van der Waals surface area contributed by atoms with E-state index in [9.17, 15) is 4.79 Å². The quantitative estimate of drug-likeness (QED) is 0.500. The van der Waals surface area contributed by atoms with Gasteiger partial charge < -0.3 is 15.0 Å². The first kappa shape index (κ1) is 14.1. The number of hydrogen-bond acceptors (Lipinski definition) is 4. The molecule has 0 saturated carbocycles. The second-order valence-electron chi connectivity index (χ2n) is 5.99. The number of hydrogen-bond donors (Lipinski definition) is 1. The molecule has 4 nitrogen and oxygen atoms in total. The summed E-state index contributed by atoms with van der Waals surface area (Å²) in [4.78, 5) is 11.4. The molecule has 0 atom stereocenters. The molecular weight excluding hydrogens is 241 g/mol. The minimum atomic E-state index is -0.451. The number of carbonyl (C=O) groups is 1. The van der Waals surface area contributed by atoms with Crippen LogP contribution in [0.4, 0.5) is 5.69 Å². The van der Waals surface area contributed by atoms with Crippen LogP contribution in [0.2, 0.25) is 0 Å². The molecule has 1 heterocycles. The van der Waals surface area contributed by atoms with E-state index in [4.69, 9.17) is 15.0 Å². The fraction of sp³-hybridized carbons (Fsp3) is 0.500. The molecule has 5 heteroatoms. The van der Waals surface area contributed by atoms with Gasteiger partial charge in [-0.2, -0.15) is 0 Å². The summed E-state index contributed by atoms with van der Waals surface area (Å²) in [5.41, 5.74) is 6.95. The van der Waals surface area contributed by atoms with Crippen molar-refractivity contribution in [3.8, 4) is 0 Å². The Labute approximate surface area is 114 Å². The lowest BCUT2D eigenvalue weighted by Gasteiger charge is -2.32. The number of rotatable bonds is 2. The Morgan fingerprint density at radius 1 is 1.16 bits per heavy atom. The first-order chi connectivity index (χ1) is 8.64. The van der Waals surface area contributed by atoms with E-state index in [-0.39, 0.29) is 17.0 Å². The molecule has 0 amide bonds. The highest BCUT2D eigenvalue weighted by atomic mass is 16.7. The minimum Gasteiger partial charge on any atom is -0.399 e. The van der Waals surface area contributed by atoms with E-state index in [2.05, 4.69) is 0 Å². The lowest BCUT2D eigenvalue weighted by Crippen LogP contribution is -2.41. The first-order valence-electron chi connectivity index (χ1n) is 6.40. The van der Waals surface area contributed by atoms with Gasteiger partial charge in [0.05, 0.1) is 11.2 Å². The summed E-state index contributed by atoms with van der Waals surface area (Å²) in [7, 11) is -0.451. The van der Waals surface area contributed by atoms with Crippen molar-refractivity contribution in [1.82, 2.24) is 0 Å². The SMILES string of the molecule is CC(=O)c1ccc(B2OC(C)(C)C(C)(C)O2)cc1N. The van der Waals surface area contributed by atoms with Gasteiger partial charge in [-0.15, -0.1) is 0 Å². The topological polar surface area (TPSA) is 61.5 Å². The Morgan fingerprint density at radius 2 is 1.68 bits per heavy atom. The monoisotopic (exact) mass is 261 g/mol. The molecule has 1 aromatic rings. The standard InChI is InChI=1S/C14H20BNO3/c1-9(17)11-7-6-10(8-12(11)16)15-18-13(2,3)14(4,5)19-15/h6-8H,16H2,1-5H3. The van der Waals surface area contributed by atoms with E-state index in [1.165, 1.54) is 6.92 Å². The average molecular weight is 261 g/mol. The second-order valence-corrected chi connectivity index (χ2v) is 5.99. The molecule has 2 N–H and O–H groups in total. The second kappa shape index (κ2) is 4.35. The van der Waals surface area contributed by atoms with Crippen LogP contribution in [0, 0.1) is 0 Å². The van der Waals surface area contributed by atoms with Crippen LogP contribution in [0.5, 0.6) is 0 Å². The van der Waals surface area contributed by atoms with Crippen LogP contribution in [0.3, 0.4) is 0 Å². The molecular formula is C14H20BNO3. The Morgan fingerprint density at radius 3 is 2.11 bits per heavy atom. The molecule has 0 bridgehead atoms. The minimum absolute atomic E-state index is 0.0435. The van der Waals surface area contributed by atoms with Gasteiger partial charge in [0.15, 0.2) is 5.78 Å². The van der Waals surface area contributed by atoms with Gasteiger partial charge in [-0.25, -0.2) is 0 Å². The van der Waals surface area contributed by atoms with E-state index in [1.807, 2.05) is 33.8 Å². The number of benzene rings is 1. The molecule has 1 aromatic carbocycles. The zero-order valence-electron chi connectivity index (χ0n) is 12.1. The van der Waals surface area contributed by atoms with E-state index in [0.717, 1.165) is 5.46 Å². The molecule has 1 aliphatic rings. The van der Waals surface area contributed by atoms with Crippen molar-refractivity contribution in [2.45, 2.75) is 45.8 Å². The first-order valence-corrected chi connectivity index (χ1v) is 6.40. The molecule has 0 aromatic heterocycles. The fourth-order valence-corrected chi connectivity index (χ4v) is 2.03. The summed E-state index contributed by atoms with van der Waals surface area (Å²) in [6.45, 7) is 9.50. The maximum Gasteiger partial charge on any atom is 0.494 e. The lowest BCUT2D eigenvalue weighted by molar-refractivity contribution is 0.00578. The van der Waals surface area contributed by atoms with Crippen molar-refractivity contribution in [3.05, 3.63) is 23.8 Å². The van der Waals surface area contributed by atoms with Crippen LogP contribution in [0.25, 0.3) is 0 Å². The fourth-order valence-electron chi connectivity index (χ4n) is 2.03. The molecule has 102 valence electrons. The average Bonchev–Trinajstić information content (AvgIpc) is 2.47. The number of anilines is 1. The normalized spacial score (nSPS) is 20.6. The van der Waals surface area contributed by atoms with Crippen LogP contribution in [-0.4, -0.2) is 24.1 Å². The van der Waals surface area contributed by atoms with Gasteiger partial charge in [0.1, 0.15) is 0 Å². The van der Waals surface area contributed by atoms with Crippen LogP contribution in [0.1, 0.15) is 45.0 Å². The van der Waals surface area contributed by atoms with Crippen LogP contribution < -0.4 is 11.2 Å². The van der Waals surface area contributed by atoms with Gasteiger partial charge >= 0.3 is 7.12 Å². The predicted octanol–water partition coefficient (Wildman–Crippen LogP) is 1.77. The van der Waals surface area contributed by atoms with Crippen molar-refractivity contribution in [2.75, 3.05) is 5.73 Å². The van der Waals surface area contributed by atoms with Gasteiger partial charge in [-0.1, -0.05) is 6.07 Å². The van der Waals surface area contributed by atoms with Gasteiger partial charge in [0.2, 0.25) is 0 Å². The number of nitrogen functional groups attached to an aromatic ring is 1. The largest absolute Gasteiger partial charge is 0.494 e. The van der Waals surface area contributed by atoms with Crippen molar-refractivity contribution in [2.24, 2.45) is 0 Å². The van der Waals surface area contributed by atoms with Gasteiger partial charge in [0.25, 0.3) is 0 Å². The molecule has 19 heavy (non-hydrogen) atoms. The summed E-state index contributed by atoms with van der Waals surface area (Å²) >= 11 is 0. The Bertz CT molecular complexity index is 509. The van der Waals surface area contributed by atoms with Gasteiger partial charge in [-0.3, -0.25) is 4.79 Å². The Hall–Kier alpha value is -1.33. The predicted molar refractivity (Wildman–Crippen MR) is 76.6 cm³/mol. The summed E-state index contributed by atoms with van der Waals surface area (Å²) in [5.74, 6) is -0.0435. The highest BCUT2D eigenvalue weighted by Gasteiger charge is 2.51. The summed E-state index contributed by atoms with van der Waals surface area (Å²) in [5, 5.41) is 0. The van der Waals surface area contributed by atoms with Crippen molar-refractivity contribution >= 4 is 24.1 Å². The number of carbonyl (C=O) groups excluding carboxylic acids is 1. The number of Topliss-reactive ketones (excluding diaryl/α,β-unsaturated/α-hetero) is 1. The maximum atomic E-state index is 11.4. The highest BCUT2D eigenvalue weighted by molar-refractivity contribution is 6.62.